The molecule has 2 atom stereocenters. The minimum absolute atomic E-state index is 0.282. The van der Waals surface area contributed by atoms with E-state index in [1.807, 2.05) is 0 Å². The summed E-state index contributed by atoms with van der Waals surface area (Å²) in [4.78, 5) is 0. The fraction of sp³-hybridized carbons (Fsp3) is 0.529. The van der Waals surface area contributed by atoms with E-state index in [0.717, 1.165) is 11.1 Å². The van der Waals surface area contributed by atoms with Crippen LogP contribution in [0, 0.1) is 11.3 Å². The number of rotatable bonds is 3. The predicted octanol–water partition coefficient (Wildman–Crippen LogP) is 6.66. The quantitative estimate of drug-likeness (QED) is 0.414. The zero-order valence-electron chi connectivity index (χ0n) is 12.1. The molecule has 1 aromatic rings. The molecule has 0 saturated heterocycles. The summed E-state index contributed by atoms with van der Waals surface area (Å²) in [5.41, 5.74) is 1.90. The lowest BCUT2D eigenvalue weighted by molar-refractivity contribution is 0.0868. The van der Waals surface area contributed by atoms with E-state index in [9.17, 15) is 0 Å². The molecule has 1 aromatic carbocycles. The standard InChI is InChI=1S/C17H19BrCl2O/c1-11-5-12-3-2-4-17(8-11,9-12)10-21-16-7-14(19)13(18)6-15(16)20/h5-7,11H,2-4,8-10H2,1H3. The summed E-state index contributed by atoms with van der Waals surface area (Å²) < 4.78 is 6.87. The van der Waals surface area contributed by atoms with Crippen LogP contribution in [0.4, 0.5) is 0 Å². The molecule has 0 aliphatic heterocycles. The van der Waals surface area contributed by atoms with Gasteiger partial charge in [-0.25, -0.2) is 0 Å². The van der Waals surface area contributed by atoms with E-state index in [1.54, 1.807) is 17.7 Å². The van der Waals surface area contributed by atoms with Crippen molar-refractivity contribution in [2.24, 2.45) is 11.3 Å². The summed E-state index contributed by atoms with van der Waals surface area (Å²) in [6, 6.07) is 3.60. The molecule has 2 aliphatic rings. The van der Waals surface area contributed by atoms with E-state index in [4.69, 9.17) is 27.9 Å². The van der Waals surface area contributed by atoms with Gasteiger partial charge in [0.05, 0.1) is 16.7 Å². The molecular formula is C17H19BrCl2O. The summed E-state index contributed by atoms with van der Waals surface area (Å²) in [5, 5.41) is 1.24. The smallest absolute Gasteiger partial charge is 0.139 e. The average Bonchev–Trinajstić information content (AvgIpc) is 2.41. The third-order valence-corrected chi connectivity index (χ3v) is 6.08. The van der Waals surface area contributed by atoms with Crippen LogP contribution in [0.25, 0.3) is 0 Å². The van der Waals surface area contributed by atoms with Gasteiger partial charge in [-0.3, -0.25) is 0 Å². The Kier molecular flexibility index (Phi) is 4.59. The van der Waals surface area contributed by atoms with Crippen molar-refractivity contribution < 1.29 is 4.74 Å². The van der Waals surface area contributed by atoms with Crippen LogP contribution in [-0.2, 0) is 0 Å². The normalized spacial score (nSPS) is 28.2. The minimum atomic E-state index is 0.282. The lowest BCUT2D eigenvalue weighted by atomic mass is 9.64. The number of ether oxygens (including phenoxy) is 1. The maximum Gasteiger partial charge on any atom is 0.139 e. The number of hydrogen-bond donors (Lipinski definition) is 0. The molecule has 114 valence electrons. The summed E-state index contributed by atoms with van der Waals surface area (Å²) in [7, 11) is 0. The zero-order chi connectivity index (χ0) is 15.0. The van der Waals surface area contributed by atoms with Gasteiger partial charge in [-0.2, -0.15) is 0 Å². The Morgan fingerprint density at radius 1 is 1.33 bits per heavy atom. The number of hydrogen-bond acceptors (Lipinski definition) is 1. The highest BCUT2D eigenvalue weighted by Crippen LogP contribution is 2.48. The molecule has 2 bridgehead atoms. The summed E-state index contributed by atoms with van der Waals surface area (Å²) in [6.07, 6.45) is 8.63. The van der Waals surface area contributed by atoms with Crippen LogP contribution < -0.4 is 4.74 Å². The van der Waals surface area contributed by atoms with E-state index in [0.29, 0.717) is 21.7 Å². The van der Waals surface area contributed by atoms with Crippen molar-refractivity contribution in [3.63, 3.8) is 0 Å². The third kappa shape index (κ3) is 3.43. The monoisotopic (exact) mass is 388 g/mol. The molecule has 0 radical (unpaired) electrons. The van der Waals surface area contributed by atoms with Gasteiger partial charge in [0.1, 0.15) is 5.75 Å². The van der Waals surface area contributed by atoms with Crippen molar-refractivity contribution in [3.05, 3.63) is 38.3 Å². The highest BCUT2D eigenvalue weighted by Gasteiger charge is 2.38. The van der Waals surface area contributed by atoms with Gasteiger partial charge in [-0.05, 0) is 60.0 Å². The van der Waals surface area contributed by atoms with Gasteiger partial charge in [0.25, 0.3) is 0 Å². The number of benzene rings is 1. The predicted molar refractivity (Wildman–Crippen MR) is 92.4 cm³/mol. The first-order valence-corrected chi connectivity index (χ1v) is 8.99. The SMILES string of the molecule is CC1C=C2CCCC(COc3cc(Cl)c(Br)cc3Cl)(C2)C1. The van der Waals surface area contributed by atoms with Crippen LogP contribution in [0.1, 0.15) is 39.0 Å². The molecule has 1 saturated carbocycles. The average molecular weight is 390 g/mol. The molecular weight excluding hydrogens is 371 g/mol. The first-order chi connectivity index (χ1) is 9.97. The second-order valence-corrected chi connectivity index (χ2v) is 8.19. The van der Waals surface area contributed by atoms with Crippen molar-refractivity contribution in [1.82, 2.24) is 0 Å². The van der Waals surface area contributed by atoms with Crippen molar-refractivity contribution in [2.45, 2.75) is 39.0 Å². The Morgan fingerprint density at radius 3 is 2.95 bits per heavy atom. The fourth-order valence-electron chi connectivity index (χ4n) is 3.84. The van der Waals surface area contributed by atoms with Gasteiger partial charge in [-0.1, -0.05) is 41.8 Å². The third-order valence-electron chi connectivity index (χ3n) is 4.59. The first-order valence-electron chi connectivity index (χ1n) is 7.44. The number of allylic oxidation sites excluding steroid dienone is 2. The van der Waals surface area contributed by atoms with Gasteiger partial charge in [-0.15, -0.1) is 0 Å². The van der Waals surface area contributed by atoms with Crippen LogP contribution in [0.3, 0.4) is 0 Å². The second-order valence-electron chi connectivity index (χ2n) is 6.52. The van der Waals surface area contributed by atoms with Gasteiger partial charge >= 0.3 is 0 Å². The van der Waals surface area contributed by atoms with Crippen LogP contribution in [0.15, 0.2) is 28.3 Å². The molecule has 0 heterocycles. The molecule has 0 spiro atoms. The van der Waals surface area contributed by atoms with Crippen molar-refractivity contribution >= 4 is 39.1 Å². The Labute approximate surface area is 144 Å². The second kappa shape index (κ2) is 6.14. The maximum absolute atomic E-state index is 6.25. The lowest BCUT2D eigenvalue weighted by Crippen LogP contribution is -2.36. The van der Waals surface area contributed by atoms with Crippen molar-refractivity contribution in [3.8, 4) is 5.75 Å². The molecule has 2 unspecified atom stereocenters. The molecule has 4 heteroatoms. The Hall–Kier alpha value is -0.180. The van der Waals surface area contributed by atoms with Gasteiger partial charge in [0.15, 0.2) is 0 Å². The van der Waals surface area contributed by atoms with Crippen LogP contribution in [0.2, 0.25) is 10.0 Å². The molecule has 0 N–H and O–H groups in total. The molecule has 2 aliphatic carbocycles. The molecule has 0 aromatic heterocycles. The molecule has 21 heavy (non-hydrogen) atoms. The van der Waals surface area contributed by atoms with E-state index in [1.165, 1.54) is 32.1 Å². The topological polar surface area (TPSA) is 9.23 Å². The Bertz CT molecular complexity index is 584. The van der Waals surface area contributed by atoms with E-state index >= 15 is 0 Å². The van der Waals surface area contributed by atoms with Gasteiger partial charge < -0.3 is 4.74 Å². The number of halogens is 3. The largest absolute Gasteiger partial charge is 0.491 e. The lowest BCUT2D eigenvalue weighted by Gasteiger charge is -2.43. The molecule has 0 amide bonds. The Balaban J connectivity index is 1.75. The maximum atomic E-state index is 6.25. The van der Waals surface area contributed by atoms with Crippen LogP contribution in [0.5, 0.6) is 5.75 Å². The van der Waals surface area contributed by atoms with Crippen molar-refractivity contribution in [1.29, 1.82) is 0 Å². The fourth-order valence-corrected chi connectivity index (χ4v) is 4.68. The van der Waals surface area contributed by atoms with E-state index in [2.05, 4.69) is 28.9 Å². The minimum Gasteiger partial charge on any atom is -0.491 e. The molecule has 1 nitrogen and oxygen atoms in total. The summed E-state index contributed by atoms with van der Waals surface area (Å²) in [5.74, 6) is 1.34. The molecule has 1 fully saturated rings. The first kappa shape index (κ1) is 15.7. The Morgan fingerprint density at radius 2 is 2.14 bits per heavy atom. The van der Waals surface area contributed by atoms with Gasteiger partial charge in [0, 0.05) is 16.0 Å². The van der Waals surface area contributed by atoms with Crippen molar-refractivity contribution in [2.75, 3.05) is 6.61 Å². The highest BCUT2D eigenvalue weighted by molar-refractivity contribution is 9.10. The summed E-state index contributed by atoms with van der Waals surface area (Å²) >= 11 is 15.8. The van der Waals surface area contributed by atoms with Gasteiger partial charge in [0.2, 0.25) is 0 Å². The number of fused-ring (bicyclic) bond motifs is 2. The van der Waals surface area contributed by atoms with E-state index in [-0.39, 0.29) is 5.41 Å². The van der Waals surface area contributed by atoms with E-state index < -0.39 is 0 Å². The zero-order valence-corrected chi connectivity index (χ0v) is 15.2. The highest BCUT2D eigenvalue weighted by atomic mass is 79.9. The van der Waals surface area contributed by atoms with Crippen LogP contribution >= 0.6 is 39.1 Å². The molecule has 3 rings (SSSR count). The van der Waals surface area contributed by atoms with Crippen LogP contribution in [-0.4, -0.2) is 6.61 Å². The summed E-state index contributed by atoms with van der Waals surface area (Å²) in [6.45, 7) is 3.04.